The highest BCUT2D eigenvalue weighted by molar-refractivity contribution is 5.65. The molecule has 1 aromatic carbocycles. The van der Waals surface area contributed by atoms with E-state index >= 15 is 0 Å². The molecule has 0 aliphatic heterocycles. The molecule has 116 valence electrons. The molecule has 0 amide bonds. The van der Waals surface area contributed by atoms with Crippen LogP contribution in [-0.4, -0.2) is 29.5 Å². The molecule has 0 saturated heterocycles. The van der Waals surface area contributed by atoms with E-state index in [1.54, 1.807) is 12.3 Å². The van der Waals surface area contributed by atoms with E-state index in [4.69, 9.17) is 0 Å². The van der Waals surface area contributed by atoms with E-state index in [1.807, 2.05) is 36.0 Å². The lowest BCUT2D eigenvalue weighted by Gasteiger charge is -2.07. The summed E-state index contributed by atoms with van der Waals surface area (Å²) in [6, 6.07) is 7.36. The lowest BCUT2D eigenvalue weighted by Crippen LogP contribution is -2.00. The van der Waals surface area contributed by atoms with Gasteiger partial charge in [-0.2, -0.15) is 4.98 Å². The van der Waals surface area contributed by atoms with Crippen LogP contribution >= 0.6 is 0 Å². The molecule has 2 aromatic heterocycles. The van der Waals surface area contributed by atoms with Gasteiger partial charge in [-0.05, 0) is 12.1 Å². The van der Waals surface area contributed by atoms with Gasteiger partial charge in [0.2, 0.25) is 5.95 Å². The first-order chi connectivity index (χ1) is 11.0. The number of benzene rings is 1. The first-order valence-electron chi connectivity index (χ1n) is 6.60. The van der Waals surface area contributed by atoms with Gasteiger partial charge in [-0.25, -0.2) is 9.97 Å². The molecule has 2 heterocycles. The Labute approximate surface area is 130 Å². The van der Waals surface area contributed by atoms with E-state index in [9.17, 15) is 15.2 Å². The number of nitro groups is 1. The van der Waals surface area contributed by atoms with Crippen molar-refractivity contribution in [1.29, 1.82) is 0 Å². The van der Waals surface area contributed by atoms with Crippen LogP contribution in [0.1, 0.15) is 0 Å². The third kappa shape index (κ3) is 2.93. The van der Waals surface area contributed by atoms with Crippen molar-refractivity contribution in [2.45, 2.75) is 0 Å². The summed E-state index contributed by atoms with van der Waals surface area (Å²) in [5, 5.41) is 23.1. The number of anilines is 2. The summed E-state index contributed by atoms with van der Waals surface area (Å²) in [6.45, 7) is 0. The molecular formula is C14H12N6O3. The largest absolute Gasteiger partial charge is 0.488 e. The van der Waals surface area contributed by atoms with Crippen molar-refractivity contribution in [3.8, 4) is 17.3 Å². The number of aryl methyl sites for hydroxylation is 1. The second-order valence-electron chi connectivity index (χ2n) is 4.73. The predicted molar refractivity (Wildman–Crippen MR) is 82.3 cm³/mol. The second kappa shape index (κ2) is 5.72. The summed E-state index contributed by atoms with van der Waals surface area (Å²) in [4.78, 5) is 21.6. The summed E-state index contributed by atoms with van der Waals surface area (Å²) >= 11 is 0. The fourth-order valence-electron chi connectivity index (χ4n) is 2.06. The van der Waals surface area contributed by atoms with Gasteiger partial charge in [0.25, 0.3) is 5.88 Å². The van der Waals surface area contributed by atoms with Crippen molar-refractivity contribution in [3.05, 3.63) is 53.0 Å². The highest BCUT2D eigenvalue weighted by Gasteiger charge is 2.16. The molecule has 23 heavy (non-hydrogen) atoms. The maximum atomic E-state index is 10.6. The molecule has 0 aliphatic rings. The van der Waals surface area contributed by atoms with Crippen LogP contribution in [-0.2, 0) is 7.05 Å². The Morgan fingerprint density at radius 2 is 2.17 bits per heavy atom. The van der Waals surface area contributed by atoms with Crippen LogP contribution in [0.2, 0.25) is 0 Å². The zero-order valence-electron chi connectivity index (χ0n) is 12.0. The summed E-state index contributed by atoms with van der Waals surface area (Å²) in [7, 11) is 1.89. The maximum absolute atomic E-state index is 10.6. The van der Waals surface area contributed by atoms with Crippen molar-refractivity contribution in [2.75, 3.05) is 5.32 Å². The number of nitrogens with zero attached hydrogens (tertiary/aromatic N) is 5. The van der Waals surface area contributed by atoms with Gasteiger partial charge in [-0.3, -0.25) is 10.1 Å². The summed E-state index contributed by atoms with van der Waals surface area (Å²) in [6.07, 6.45) is 4.49. The third-order valence-corrected chi connectivity index (χ3v) is 3.14. The lowest BCUT2D eigenvalue weighted by molar-refractivity contribution is -0.386. The lowest BCUT2D eigenvalue weighted by atomic mass is 10.2. The molecule has 0 fully saturated rings. The Bertz CT molecular complexity index is 876. The summed E-state index contributed by atoms with van der Waals surface area (Å²) in [5.74, 6) is 0.166. The van der Waals surface area contributed by atoms with Crippen molar-refractivity contribution in [2.24, 2.45) is 7.05 Å². The molecule has 2 N–H and O–H groups in total. The van der Waals surface area contributed by atoms with E-state index in [-0.39, 0.29) is 5.95 Å². The summed E-state index contributed by atoms with van der Waals surface area (Å²) < 4.78 is 1.88. The molecule has 3 aromatic rings. The highest BCUT2D eigenvalue weighted by Crippen LogP contribution is 2.25. The average molecular weight is 312 g/mol. The van der Waals surface area contributed by atoms with Gasteiger partial charge in [0.1, 0.15) is 12.0 Å². The van der Waals surface area contributed by atoms with Gasteiger partial charge in [-0.15, -0.1) is 0 Å². The predicted octanol–water partition coefficient (Wildman–Crippen LogP) is 2.23. The van der Waals surface area contributed by atoms with Crippen LogP contribution in [0.5, 0.6) is 5.88 Å². The van der Waals surface area contributed by atoms with Crippen LogP contribution in [0, 0.1) is 10.1 Å². The van der Waals surface area contributed by atoms with Crippen molar-refractivity contribution in [3.63, 3.8) is 0 Å². The first kappa shape index (κ1) is 14.4. The smallest absolute Gasteiger partial charge is 0.349 e. The molecule has 0 unspecified atom stereocenters. The number of hydrogen-bond donors (Lipinski definition) is 2. The topological polar surface area (TPSA) is 119 Å². The van der Waals surface area contributed by atoms with E-state index in [1.165, 1.54) is 0 Å². The Morgan fingerprint density at radius 3 is 2.83 bits per heavy atom. The van der Waals surface area contributed by atoms with Crippen molar-refractivity contribution >= 4 is 17.3 Å². The number of imidazole rings is 1. The molecule has 0 atom stereocenters. The minimum Gasteiger partial charge on any atom is -0.488 e. The molecule has 0 bridgehead atoms. The molecular weight excluding hydrogens is 300 g/mol. The van der Waals surface area contributed by atoms with E-state index in [2.05, 4.69) is 20.3 Å². The second-order valence-corrected chi connectivity index (χ2v) is 4.73. The van der Waals surface area contributed by atoms with Crippen LogP contribution in [0.3, 0.4) is 0 Å². The van der Waals surface area contributed by atoms with Crippen molar-refractivity contribution in [1.82, 2.24) is 19.5 Å². The number of hydrogen-bond acceptors (Lipinski definition) is 7. The van der Waals surface area contributed by atoms with Crippen molar-refractivity contribution < 1.29 is 10.0 Å². The van der Waals surface area contributed by atoms with Gasteiger partial charge < -0.3 is 15.0 Å². The summed E-state index contributed by atoms with van der Waals surface area (Å²) in [5.41, 5.74) is 1.00. The zero-order chi connectivity index (χ0) is 16.4. The normalized spacial score (nSPS) is 10.5. The van der Waals surface area contributed by atoms with E-state index in [0.717, 1.165) is 17.6 Å². The Kier molecular flexibility index (Phi) is 3.59. The minimum absolute atomic E-state index is 0.0603. The van der Waals surface area contributed by atoms with Crippen LogP contribution in [0.4, 0.5) is 17.3 Å². The molecule has 0 radical (unpaired) electrons. The molecule has 0 aliphatic carbocycles. The standard InChI is InChI=1S/C14H12N6O3/c1-19-6-5-15-12(19)9-3-2-4-10(7-9)17-14-16-8-11(20(22)23)13(21)18-14/h2-8H,1H3,(H2,16,17,18,21). The number of rotatable bonds is 4. The van der Waals surface area contributed by atoms with Crippen LogP contribution in [0.15, 0.2) is 42.9 Å². The molecule has 0 saturated carbocycles. The fourth-order valence-corrected chi connectivity index (χ4v) is 2.06. The molecule has 0 spiro atoms. The third-order valence-electron chi connectivity index (χ3n) is 3.14. The van der Waals surface area contributed by atoms with Gasteiger partial charge in [0.15, 0.2) is 0 Å². The number of nitrogens with one attached hydrogen (secondary N) is 1. The van der Waals surface area contributed by atoms with Gasteiger partial charge in [0.05, 0.1) is 4.92 Å². The maximum Gasteiger partial charge on any atom is 0.349 e. The zero-order valence-corrected chi connectivity index (χ0v) is 12.0. The van der Waals surface area contributed by atoms with E-state index < -0.39 is 16.5 Å². The van der Waals surface area contributed by atoms with Gasteiger partial charge in [-0.1, -0.05) is 12.1 Å². The van der Waals surface area contributed by atoms with Gasteiger partial charge >= 0.3 is 5.69 Å². The Balaban J connectivity index is 1.88. The first-order valence-corrected chi connectivity index (χ1v) is 6.60. The SMILES string of the molecule is Cn1ccnc1-c1cccc(Nc2ncc([N+](=O)[O-])c(O)n2)c1. The van der Waals surface area contributed by atoms with Gasteiger partial charge in [0, 0.05) is 30.7 Å². The monoisotopic (exact) mass is 312 g/mol. The quantitative estimate of drug-likeness (QED) is 0.560. The Hall–Kier alpha value is -3.49. The Morgan fingerprint density at radius 1 is 1.35 bits per heavy atom. The van der Waals surface area contributed by atoms with Crippen LogP contribution in [0.25, 0.3) is 11.4 Å². The minimum atomic E-state index is -0.749. The molecule has 9 nitrogen and oxygen atoms in total. The fraction of sp³-hybridized carbons (Fsp3) is 0.0714. The van der Waals surface area contributed by atoms with Crippen LogP contribution < -0.4 is 5.32 Å². The number of aromatic nitrogens is 4. The van der Waals surface area contributed by atoms with E-state index in [0.29, 0.717) is 5.69 Å². The highest BCUT2D eigenvalue weighted by atomic mass is 16.6. The average Bonchev–Trinajstić information content (AvgIpc) is 2.93. The molecule has 9 heteroatoms. The molecule has 3 rings (SSSR count). The number of aromatic hydroxyl groups is 1.